The molecule has 0 radical (unpaired) electrons. The van der Waals surface area contributed by atoms with E-state index in [1.165, 1.54) is 0 Å². The summed E-state index contributed by atoms with van der Waals surface area (Å²) in [5.41, 5.74) is 8.19. The van der Waals surface area contributed by atoms with Crippen LogP contribution in [0.15, 0.2) is 35.7 Å². The first-order chi connectivity index (χ1) is 14.8. The molecule has 31 heavy (non-hydrogen) atoms. The standard InChI is InChI=1S/C22H25N5O4/c1-22(2,3)18-17-16(14(12-23)19(24)31-20(17)26-25-18)13-6-4-5-7-15(13)30-21(28)27-8-10-29-11-9-27/h4-7,16H,8-11,24H2,1-3H3,(H,25,26)/t16-/m0/s1. The molecular weight excluding hydrogens is 398 g/mol. The van der Waals surface area contributed by atoms with Crippen molar-refractivity contribution < 1.29 is 19.0 Å². The Labute approximate surface area is 180 Å². The SMILES string of the molecule is CC(C)(C)c1[nH]nc2c1[C@@H](c1ccccc1OC(=O)N1CCOCC1)C(C#N)=C(N)O2. The number of nitrogens with one attached hydrogen (secondary N) is 1. The van der Waals surface area contributed by atoms with Gasteiger partial charge in [-0.05, 0) is 6.07 Å². The van der Waals surface area contributed by atoms with Crippen molar-refractivity contribution in [3.05, 3.63) is 52.5 Å². The number of H-pyrrole nitrogens is 1. The summed E-state index contributed by atoms with van der Waals surface area (Å²) < 4.78 is 16.7. The third-order valence-electron chi connectivity index (χ3n) is 5.39. The fraction of sp³-hybridized carbons (Fsp3) is 0.409. The minimum Gasteiger partial charge on any atom is -0.420 e. The van der Waals surface area contributed by atoms with Crippen molar-refractivity contribution >= 4 is 6.09 Å². The molecule has 1 aromatic carbocycles. The summed E-state index contributed by atoms with van der Waals surface area (Å²) in [4.78, 5) is 14.3. The Morgan fingerprint density at radius 1 is 1.32 bits per heavy atom. The number of carbonyl (C=O) groups excluding carboxylic acids is 1. The minimum absolute atomic E-state index is 0.0127. The van der Waals surface area contributed by atoms with Crippen molar-refractivity contribution in [1.29, 1.82) is 5.26 Å². The molecule has 3 N–H and O–H groups in total. The van der Waals surface area contributed by atoms with E-state index in [0.717, 1.165) is 5.69 Å². The summed E-state index contributed by atoms with van der Waals surface area (Å²) in [6.07, 6.45) is -0.457. The number of nitriles is 1. The van der Waals surface area contributed by atoms with Crippen LogP contribution in [0.25, 0.3) is 0 Å². The fourth-order valence-corrected chi connectivity index (χ4v) is 3.84. The number of benzene rings is 1. The lowest BCUT2D eigenvalue weighted by Gasteiger charge is -2.29. The number of fused-ring (bicyclic) bond motifs is 1. The Balaban J connectivity index is 1.80. The summed E-state index contributed by atoms with van der Waals surface area (Å²) in [6, 6.07) is 9.33. The van der Waals surface area contributed by atoms with E-state index in [1.807, 2.05) is 32.9 Å². The van der Waals surface area contributed by atoms with Gasteiger partial charge in [0.2, 0.25) is 11.8 Å². The summed E-state index contributed by atoms with van der Waals surface area (Å²) in [7, 11) is 0. The van der Waals surface area contributed by atoms with Gasteiger partial charge in [0.15, 0.2) is 0 Å². The van der Waals surface area contributed by atoms with E-state index in [-0.39, 0.29) is 16.9 Å². The molecule has 0 bridgehead atoms. The van der Waals surface area contributed by atoms with Crippen LogP contribution in [0.5, 0.6) is 11.6 Å². The first-order valence-electron chi connectivity index (χ1n) is 10.1. The maximum absolute atomic E-state index is 12.7. The summed E-state index contributed by atoms with van der Waals surface area (Å²) >= 11 is 0. The number of allylic oxidation sites excluding steroid dienone is 1. The number of morpholine rings is 1. The summed E-state index contributed by atoms with van der Waals surface area (Å²) in [6.45, 7) is 7.99. The van der Waals surface area contributed by atoms with Crippen molar-refractivity contribution in [1.82, 2.24) is 15.1 Å². The Bertz CT molecular complexity index is 1070. The van der Waals surface area contributed by atoms with Gasteiger partial charge in [-0.25, -0.2) is 4.79 Å². The predicted molar refractivity (Wildman–Crippen MR) is 111 cm³/mol. The number of carbonyl (C=O) groups is 1. The van der Waals surface area contributed by atoms with E-state index in [4.69, 9.17) is 19.9 Å². The van der Waals surface area contributed by atoms with Crippen molar-refractivity contribution in [3.63, 3.8) is 0 Å². The second kappa shape index (κ2) is 7.96. The third kappa shape index (κ3) is 3.82. The van der Waals surface area contributed by atoms with E-state index in [2.05, 4.69) is 16.3 Å². The summed E-state index contributed by atoms with van der Waals surface area (Å²) in [5.74, 6) is 0.0795. The largest absolute Gasteiger partial charge is 0.420 e. The Kier molecular flexibility index (Phi) is 5.33. The molecule has 2 aliphatic rings. The second-order valence-electron chi connectivity index (χ2n) is 8.50. The lowest BCUT2D eigenvalue weighted by Crippen LogP contribution is -2.42. The van der Waals surface area contributed by atoms with Crippen LogP contribution in [0.3, 0.4) is 0 Å². The second-order valence-corrected chi connectivity index (χ2v) is 8.50. The number of hydrogen-bond donors (Lipinski definition) is 2. The van der Waals surface area contributed by atoms with Gasteiger partial charge in [0.1, 0.15) is 17.4 Å². The van der Waals surface area contributed by atoms with Crippen molar-refractivity contribution in [3.8, 4) is 17.7 Å². The number of aromatic amines is 1. The molecule has 2 aliphatic heterocycles. The van der Waals surface area contributed by atoms with E-state index in [0.29, 0.717) is 49.1 Å². The molecule has 0 saturated carbocycles. The Morgan fingerprint density at radius 2 is 2.03 bits per heavy atom. The van der Waals surface area contributed by atoms with Gasteiger partial charge in [-0.15, -0.1) is 5.10 Å². The first kappa shape index (κ1) is 20.8. The number of hydrogen-bond acceptors (Lipinski definition) is 7. The van der Waals surface area contributed by atoms with E-state index < -0.39 is 12.0 Å². The normalized spacial score (nSPS) is 18.8. The smallest absolute Gasteiger partial charge is 0.415 e. The molecular formula is C22H25N5O4. The zero-order valence-electron chi connectivity index (χ0n) is 17.8. The monoisotopic (exact) mass is 423 g/mol. The quantitative estimate of drug-likeness (QED) is 0.760. The molecule has 4 rings (SSSR count). The fourth-order valence-electron chi connectivity index (χ4n) is 3.84. The molecule has 0 spiro atoms. The number of ether oxygens (including phenoxy) is 3. The van der Waals surface area contributed by atoms with Crippen LogP contribution in [0.1, 0.15) is 43.5 Å². The highest BCUT2D eigenvalue weighted by Crippen LogP contribution is 2.47. The highest BCUT2D eigenvalue weighted by atomic mass is 16.6. The van der Waals surface area contributed by atoms with Crippen LogP contribution < -0.4 is 15.2 Å². The molecule has 1 aromatic heterocycles. The van der Waals surface area contributed by atoms with Crippen LogP contribution in [0, 0.1) is 11.3 Å². The molecule has 3 heterocycles. The molecule has 1 fully saturated rings. The van der Waals surface area contributed by atoms with Crippen LogP contribution in [-0.2, 0) is 10.2 Å². The van der Waals surface area contributed by atoms with E-state index in [9.17, 15) is 10.1 Å². The van der Waals surface area contributed by atoms with Gasteiger partial charge in [0, 0.05) is 29.8 Å². The third-order valence-corrected chi connectivity index (χ3v) is 5.39. The summed E-state index contributed by atoms with van der Waals surface area (Å²) in [5, 5.41) is 17.2. The average Bonchev–Trinajstić information content (AvgIpc) is 3.18. The van der Waals surface area contributed by atoms with E-state index in [1.54, 1.807) is 17.0 Å². The van der Waals surface area contributed by atoms with Gasteiger partial charge in [-0.2, -0.15) is 5.26 Å². The van der Waals surface area contributed by atoms with Gasteiger partial charge in [-0.3, -0.25) is 5.10 Å². The number of amides is 1. The maximum Gasteiger partial charge on any atom is 0.415 e. The van der Waals surface area contributed by atoms with Crippen LogP contribution in [0.2, 0.25) is 0 Å². The molecule has 9 nitrogen and oxygen atoms in total. The predicted octanol–water partition coefficient (Wildman–Crippen LogP) is 2.76. The molecule has 1 atom stereocenters. The lowest BCUT2D eigenvalue weighted by molar-refractivity contribution is 0.0415. The van der Waals surface area contributed by atoms with Gasteiger partial charge in [-0.1, -0.05) is 39.0 Å². The number of nitrogens with zero attached hydrogens (tertiary/aromatic N) is 3. The topological polar surface area (TPSA) is 126 Å². The molecule has 162 valence electrons. The number of rotatable bonds is 2. The highest BCUT2D eigenvalue weighted by molar-refractivity contribution is 5.72. The lowest BCUT2D eigenvalue weighted by atomic mass is 9.78. The molecule has 9 heteroatoms. The molecule has 0 aliphatic carbocycles. The van der Waals surface area contributed by atoms with Crippen molar-refractivity contribution in [2.24, 2.45) is 5.73 Å². The molecule has 2 aromatic rings. The van der Waals surface area contributed by atoms with E-state index >= 15 is 0 Å². The Morgan fingerprint density at radius 3 is 2.71 bits per heavy atom. The average molecular weight is 423 g/mol. The molecule has 1 saturated heterocycles. The van der Waals surface area contributed by atoms with Crippen molar-refractivity contribution in [2.75, 3.05) is 26.3 Å². The van der Waals surface area contributed by atoms with Crippen LogP contribution in [0.4, 0.5) is 4.79 Å². The van der Waals surface area contributed by atoms with Gasteiger partial charge in [0.25, 0.3) is 0 Å². The Hall–Kier alpha value is -3.51. The first-order valence-corrected chi connectivity index (χ1v) is 10.1. The number of para-hydroxylation sites is 1. The van der Waals surface area contributed by atoms with Crippen molar-refractivity contribution in [2.45, 2.75) is 32.1 Å². The van der Waals surface area contributed by atoms with Gasteiger partial charge >= 0.3 is 6.09 Å². The van der Waals surface area contributed by atoms with Gasteiger partial charge in [0.05, 0.1) is 24.7 Å². The van der Waals surface area contributed by atoms with Crippen LogP contribution in [-0.4, -0.2) is 47.5 Å². The molecule has 1 amide bonds. The zero-order valence-corrected chi connectivity index (χ0v) is 17.8. The minimum atomic E-state index is -0.588. The number of aromatic nitrogens is 2. The van der Waals surface area contributed by atoms with Crippen LogP contribution >= 0.6 is 0 Å². The van der Waals surface area contributed by atoms with Gasteiger partial charge < -0.3 is 24.8 Å². The molecule has 0 unspecified atom stereocenters. The number of nitrogens with two attached hydrogens (primary N) is 1. The zero-order chi connectivity index (χ0) is 22.2. The maximum atomic E-state index is 12.7. The highest BCUT2D eigenvalue weighted by Gasteiger charge is 2.39.